The fraction of sp³-hybridized carbons (Fsp3) is 0.522. The van der Waals surface area contributed by atoms with Crippen molar-refractivity contribution in [2.45, 2.75) is 69.5 Å². The molecule has 3 rings (SSSR count). The zero-order valence-electron chi connectivity index (χ0n) is 24.5. The van der Waals surface area contributed by atoms with Gasteiger partial charge in [-0.05, 0) is 25.5 Å². The van der Waals surface area contributed by atoms with Crippen LogP contribution < -0.4 is 11.2 Å². The van der Waals surface area contributed by atoms with Crippen LogP contribution in [0.25, 0.3) is 0 Å². The molecule has 0 bridgehead atoms. The molecule has 0 radical (unpaired) electrons. The molecule has 0 saturated carbocycles. The zero-order valence-corrected chi connectivity index (χ0v) is 28.8. The van der Waals surface area contributed by atoms with Gasteiger partial charge in [0.25, 0.3) is 5.56 Å². The van der Waals surface area contributed by atoms with E-state index >= 15 is 0 Å². The summed E-state index contributed by atoms with van der Waals surface area (Å²) in [6, 6.07) is 6.72. The smallest absolute Gasteiger partial charge is 0.456 e. The van der Waals surface area contributed by atoms with Crippen molar-refractivity contribution in [3.8, 4) is 0 Å². The van der Waals surface area contributed by atoms with E-state index in [9.17, 15) is 37.9 Å². The van der Waals surface area contributed by atoms with Crippen molar-refractivity contribution in [2.24, 2.45) is 0 Å². The number of benzene rings is 1. The van der Waals surface area contributed by atoms with Crippen molar-refractivity contribution in [3.63, 3.8) is 0 Å². The van der Waals surface area contributed by atoms with Crippen molar-refractivity contribution >= 4 is 51.0 Å². The minimum atomic E-state index is -5.79. The van der Waals surface area contributed by atoms with Gasteiger partial charge in [0, 0.05) is 28.2 Å². The van der Waals surface area contributed by atoms with Gasteiger partial charge in [0.2, 0.25) is 0 Å². The highest BCUT2D eigenvalue weighted by molar-refractivity contribution is 8.77. The largest absolute Gasteiger partial charge is 0.490 e. The first-order valence-electron chi connectivity index (χ1n) is 13.0. The molecule has 252 valence electrons. The maximum Gasteiger partial charge on any atom is 0.490 e. The van der Waals surface area contributed by atoms with Gasteiger partial charge in [-0.1, -0.05) is 60.6 Å². The highest BCUT2D eigenvalue weighted by Crippen LogP contribution is 2.66. The third-order valence-electron chi connectivity index (χ3n) is 5.77. The first kappa shape index (κ1) is 37.9. The molecular weight excluding hydrogens is 701 g/mol. The fourth-order valence-electron chi connectivity index (χ4n) is 3.92. The topological polar surface area (TPSA) is 250 Å². The van der Waals surface area contributed by atoms with Crippen LogP contribution >= 0.6 is 45.1 Å². The number of aryl methyl sites for hydroxylation is 1. The van der Waals surface area contributed by atoms with Crippen molar-refractivity contribution in [1.82, 2.24) is 9.55 Å². The van der Waals surface area contributed by atoms with Gasteiger partial charge < -0.3 is 29.0 Å². The number of carbonyl (C=O) groups is 1. The molecule has 1 saturated heterocycles. The first-order chi connectivity index (χ1) is 20.6. The molecule has 1 aliphatic rings. The number of rotatable bonds is 13. The van der Waals surface area contributed by atoms with Crippen LogP contribution in [0.2, 0.25) is 0 Å². The summed E-state index contributed by atoms with van der Waals surface area (Å²) in [6.45, 7) is 8.55. The van der Waals surface area contributed by atoms with Crippen LogP contribution in [0.1, 0.15) is 67.1 Å². The second-order valence-corrected chi connectivity index (χ2v) is 18.5. The highest BCUT2D eigenvalue weighted by Gasteiger charge is 2.44. The Labute approximate surface area is 264 Å². The highest BCUT2D eigenvalue weighted by atomic mass is 33.1. The van der Waals surface area contributed by atoms with Crippen LogP contribution in [0.4, 0.5) is 0 Å². The quantitative estimate of drug-likeness (QED) is 0.111. The summed E-state index contributed by atoms with van der Waals surface area (Å²) in [5.41, 5.74) is -0.468. The van der Waals surface area contributed by atoms with Crippen LogP contribution in [0.5, 0.6) is 0 Å². The standard InChI is InChI=1S/C23H33N2O15P3S2/c1-13-11-25(22(28)24-20(13)26)19-10-17(18(37-19)12-36-42(32,33)40-43(34,35)39-41(29,30)31)38-21(27)16-9-7-6-8-15(16)14(2)44-45-23(3,4)5/h6-9,11,14,17-19H,10,12H2,1-5H3,(H,32,33)(H,34,35)(H,24,26,28)(H2,29,30,31)/t14?,17-,18?,19-/m1/s1. The number of aromatic nitrogens is 2. The summed E-state index contributed by atoms with van der Waals surface area (Å²) in [7, 11) is -13.8. The van der Waals surface area contributed by atoms with Gasteiger partial charge in [-0.15, -0.1) is 0 Å². The molecular formula is C23H33N2O15P3S2. The van der Waals surface area contributed by atoms with E-state index in [1.807, 2.05) is 27.7 Å². The Morgan fingerprint density at radius 3 is 2.38 bits per heavy atom. The van der Waals surface area contributed by atoms with E-state index in [0.29, 0.717) is 5.56 Å². The van der Waals surface area contributed by atoms with Crippen molar-refractivity contribution < 1.29 is 60.7 Å². The Kier molecular flexibility index (Phi) is 12.4. The summed E-state index contributed by atoms with van der Waals surface area (Å²) in [4.78, 5) is 76.8. The minimum Gasteiger partial charge on any atom is -0.456 e. The SMILES string of the molecule is Cc1cn([C@H]2C[C@@H](OC(=O)c3ccccc3C(C)SSC(C)(C)C)C(COP(=O)(O)OP(=O)(O)OP(=O)(O)O)O2)c(=O)[nH]c1=O. The molecule has 22 heteroatoms. The van der Waals surface area contributed by atoms with Gasteiger partial charge in [-0.25, -0.2) is 23.3 Å². The summed E-state index contributed by atoms with van der Waals surface area (Å²) >= 11 is 0. The Bertz CT molecular complexity index is 1650. The molecule has 2 aromatic rings. The monoisotopic (exact) mass is 734 g/mol. The van der Waals surface area contributed by atoms with Crippen LogP contribution in [-0.2, 0) is 36.3 Å². The summed E-state index contributed by atoms with van der Waals surface area (Å²) < 4.78 is 59.6. The molecule has 2 heterocycles. The Balaban J connectivity index is 1.86. The molecule has 0 spiro atoms. The molecule has 45 heavy (non-hydrogen) atoms. The molecule has 4 unspecified atom stereocenters. The molecule has 5 N–H and O–H groups in total. The molecule has 6 atom stereocenters. The number of esters is 1. The second kappa shape index (κ2) is 14.7. The van der Waals surface area contributed by atoms with Gasteiger partial charge in [-0.2, -0.15) is 8.62 Å². The Morgan fingerprint density at radius 1 is 1.11 bits per heavy atom. The first-order valence-corrected chi connectivity index (χ1v) is 19.7. The van der Waals surface area contributed by atoms with Gasteiger partial charge in [0.15, 0.2) is 0 Å². The molecule has 0 amide bonds. The fourth-order valence-corrected chi connectivity index (χ4v) is 9.31. The van der Waals surface area contributed by atoms with E-state index in [-0.39, 0.29) is 27.5 Å². The molecule has 1 aliphatic heterocycles. The number of carbonyl (C=O) groups excluding carboxylic acids is 1. The summed E-state index contributed by atoms with van der Waals surface area (Å²) in [6.07, 6.45) is -2.80. The number of phosphoric ester groups is 1. The van der Waals surface area contributed by atoms with Crippen LogP contribution in [0, 0.1) is 6.92 Å². The van der Waals surface area contributed by atoms with Gasteiger partial charge in [0.1, 0.15) is 18.4 Å². The van der Waals surface area contributed by atoms with E-state index in [2.05, 4.69) is 13.6 Å². The second-order valence-electron chi connectivity index (χ2n) is 10.7. The molecule has 1 aromatic heterocycles. The predicted molar refractivity (Wildman–Crippen MR) is 163 cm³/mol. The van der Waals surface area contributed by atoms with E-state index in [4.69, 9.17) is 23.8 Å². The van der Waals surface area contributed by atoms with Crippen LogP contribution in [-0.4, -0.2) is 58.7 Å². The number of nitrogens with zero attached hydrogens (tertiary/aromatic N) is 1. The summed E-state index contributed by atoms with van der Waals surface area (Å²) in [5, 5.41) is -0.144. The van der Waals surface area contributed by atoms with Gasteiger partial charge >= 0.3 is 35.1 Å². The maximum atomic E-state index is 13.5. The lowest BCUT2D eigenvalue weighted by Crippen LogP contribution is -2.33. The average molecular weight is 735 g/mol. The predicted octanol–water partition coefficient (Wildman–Crippen LogP) is 3.94. The molecule has 17 nitrogen and oxygen atoms in total. The number of aromatic amines is 1. The van der Waals surface area contributed by atoms with E-state index in [0.717, 1.165) is 4.57 Å². The number of ether oxygens (including phenoxy) is 2. The molecule has 0 aliphatic carbocycles. The van der Waals surface area contributed by atoms with E-state index < -0.39 is 65.7 Å². The Morgan fingerprint density at radius 2 is 1.76 bits per heavy atom. The van der Waals surface area contributed by atoms with Gasteiger partial charge in [-0.3, -0.25) is 18.9 Å². The van der Waals surface area contributed by atoms with Crippen molar-refractivity contribution in [2.75, 3.05) is 6.61 Å². The minimum absolute atomic E-state index is 0.0580. The lowest BCUT2D eigenvalue weighted by molar-refractivity contribution is -0.0512. The Hall–Kier alpha value is -1.56. The van der Waals surface area contributed by atoms with Crippen LogP contribution in [0.15, 0.2) is 40.1 Å². The van der Waals surface area contributed by atoms with E-state index in [1.165, 1.54) is 13.1 Å². The summed E-state index contributed by atoms with van der Waals surface area (Å²) in [5.74, 6) is -0.790. The number of hydrogen-bond donors (Lipinski definition) is 5. The number of nitrogens with one attached hydrogen (secondary N) is 1. The average Bonchev–Trinajstić information content (AvgIpc) is 3.27. The lowest BCUT2D eigenvalue weighted by atomic mass is 10.0. The number of H-pyrrole nitrogens is 1. The molecule has 1 fully saturated rings. The number of phosphoric acid groups is 3. The normalized spacial score (nSPS) is 22.4. The van der Waals surface area contributed by atoms with Crippen LogP contribution in [0.3, 0.4) is 0 Å². The van der Waals surface area contributed by atoms with Gasteiger partial charge in [0.05, 0.1) is 12.2 Å². The maximum absolute atomic E-state index is 13.5. The third-order valence-corrected chi connectivity index (χ3v) is 13.4. The molecule has 1 aromatic carbocycles. The third kappa shape index (κ3) is 11.6. The van der Waals surface area contributed by atoms with Crippen molar-refractivity contribution in [3.05, 3.63) is 68.0 Å². The number of hydrogen-bond acceptors (Lipinski definition) is 13. The van der Waals surface area contributed by atoms with Crippen molar-refractivity contribution in [1.29, 1.82) is 0 Å². The lowest BCUT2D eigenvalue weighted by Gasteiger charge is -2.23. The zero-order chi connectivity index (χ0) is 34.0. The van der Waals surface area contributed by atoms with E-state index in [1.54, 1.807) is 45.9 Å².